The molecule has 46 heavy (non-hydrogen) atoms. The maximum atomic E-state index is 2.44. The van der Waals surface area contributed by atoms with Crippen LogP contribution in [0.3, 0.4) is 0 Å². The van der Waals surface area contributed by atoms with E-state index in [-0.39, 0.29) is 10.8 Å². The molecule has 6 aromatic carbocycles. The molecular formula is C44H38S2. The summed E-state index contributed by atoms with van der Waals surface area (Å²) in [4.78, 5) is 0. The second-order valence-electron chi connectivity index (χ2n) is 14.7. The highest BCUT2D eigenvalue weighted by Gasteiger charge is 2.23. The van der Waals surface area contributed by atoms with E-state index in [2.05, 4.69) is 163 Å². The zero-order valence-corrected chi connectivity index (χ0v) is 29.0. The van der Waals surface area contributed by atoms with Crippen LogP contribution >= 0.6 is 22.7 Å². The molecule has 2 heterocycles. The molecule has 0 aliphatic rings. The van der Waals surface area contributed by atoms with Crippen LogP contribution in [-0.2, 0) is 10.8 Å². The molecule has 0 amide bonds. The SMILES string of the molecule is CC(C)(C)c1cc(-c2cccc(-c3cccc(-c4cc(C(C)(C)C)c5c(c4)sc4ccccc45)c3)c2)cc2sc3ccccc3c12. The van der Waals surface area contributed by atoms with Crippen LogP contribution in [-0.4, -0.2) is 0 Å². The van der Waals surface area contributed by atoms with Gasteiger partial charge in [-0.1, -0.05) is 114 Å². The van der Waals surface area contributed by atoms with Gasteiger partial charge in [0.05, 0.1) is 0 Å². The molecule has 226 valence electrons. The molecular weight excluding hydrogens is 593 g/mol. The second kappa shape index (κ2) is 10.7. The van der Waals surface area contributed by atoms with E-state index in [4.69, 9.17) is 0 Å². The van der Waals surface area contributed by atoms with Crippen molar-refractivity contribution in [2.45, 2.75) is 52.4 Å². The summed E-state index contributed by atoms with van der Waals surface area (Å²) in [5, 5.41) is 5.55. The quantitative estimate of drug-likeness (QED) is 0.182. The van der Waals surface area contributed by atoms with E-state index >= 15 is 0 Å². The minimum Gasteiger partial charge on any atom is -0.135 e. The van der Waals surface area contributed by atoms with Crippen molar-refractivity contribution in [3.63, 3.8) is 0 Å². The van der Waals surface area contributed by atoms with E-state index in [1.165, 1.54) is 84.9 Å². The van der Waals surface area contributed by atoms with Gasteiger partial charge in [-0.2, -0.15) is 0 Å². The van der Waals surface area contributed by atoms with Gasteiger partial charge in [0.15, 0.2) is 0 Å². The summed E-state index contributed by atoms with van der Waals surface area (Å²) in [6, 6.07) is 45.6. The molecule has 2 heteroatoms. The fourth-order valence-electron chi connectivity index (χ4n) is 6.98. The van der Waals surface area contributed by atoms with Crippen LogP contribution in [0.4, 0.5) is 0 Å². The van der Waals surface area contributed by atoms with Gasteiger partial charge in [-0.15, -0.1) is 22.7 Å². The Kier molecular flexibility index (Phi) is 6.76. The standard InChI is InChI=1S/C44H38S2/c1-43(2,3)35-23-31(25-39-41(35)33-17-7-9-19-37(33)45-39)29-15-11-13-27(21-29)28-14-12-16-30(22-28)32-24-36(44(4,5)6)42-34-18-8-10-20-38(34)46-40(42)26-32/h7-26H,1-6H3. The maximum absolute atomic E-state index is 2.44. The minimum atomic E-state index is 0.0332. The van der Waals surface area contributed by atoms with Crippen molar-refractivity contribution in [2.75, 3.05) is 0 Å². The third-order valence-corrected chi connectivity index (χ3v) is 11.5. The lowest BCUT2D eigenvalue weighted by Crippen LogP contribution is -2.11. The first-order valence-electron chi connectivity index (χ1n) is 16.2. The Hall–Kier alpha value is -4.24. The van der Waals surface area contributed by atoms with E-state index in [9.17, 15) is 0 Å². The van der Waals surface area contributed by atoms with Crippen LogP contribution < -0.4 is 0 Å². The normalized spacial score (nSPS) is 12.6. The number of thiophene rings is 2. The zero-order chi connectivity index (χ0) is 31.8. The van der Waals surface area contributed by atoms with Crippen molar-refractivity contribution in [3.8, 4) is 33.4 Å². The lowest BCUT2D eigenvalue weighted by atomic mass is 9.82. The Morgan fingerprint density at radius 3 is 1.11 bits per heavy atom. The van der Waals surface area contributed by atoms with Gasteiger partial charge in [-0.05, 0) is 104 Å². The van der Waals surface area contributed by atoms with Crippen LogP contribution in [0.25, 0.3) is 73.7 Å². The van der Waals surface area contributed by atoms with Crippen LogP contribution in [0.1, 0.15) is 52.7 Å². The molecule has 0 radical (unpaired) electrons. The summed E-state index contributed by atoms with van der Waals surface area (Å²) in [6.45, 7) is 14.0. The van der Waals surface area contributed by atoms with Gasteiger partial charge in [0.1, 0.15) is 0 Å². The van der Waals surface area contributed by atoms with Gasteiger partial charge in [-0.25, -0.2) is 0 Å². The molecule has 0 unspecified atom stereocenters. The monoisotopic (exact) mass is 630 g/mol. The van der Waals surface area contributed by atoms with Gasteiger partial charge in [0, 0.05) is 40.3 Å². The first-order chi connectivity index (χ1) is 22.0. The molecule has 0 spiro atoms. The summed E-state index contributed by atoms with van der Waals surface area (Å²) in [5.41, 5.74) is 10.5. The highest BCUT2D eigenvalue weighted by molar-refractivity contribution is 7.26. The molecule has 0 N–H and O–H groups in total. The molecule has 0 nitrogen and oxygen atoms in total. The van der Waals surface area contributed by atoms with Gasteiger partial charge in [0.25, 0.3) is 0 Å². The molecule has 8 aromatic rings. The van der Waals surface area contributed by atoms with Gasteiger partial charge < -0.3 is 0 Å². The Morgan fingerprint density at radius 2 is 0.717 bits per heavy atom. The van der Waals surface area contributed by atoms with E-state index in [0.717, 1.165) is 0 Å². The third kappa shape index (κ3) is 4.96. The first-order valence-corrected chi connectivity index (χ1v) is 17.8. The van der Waals surface area contributed by atoms with Crippen LogP contribution in [0.15, 0.2) is 121 Å². The fraction of sp³-hybridized carbons (Fsp3) is 0.182. The molecule has 0 atom stereocenters. The predicted molar refractivity (Wildman–Crippen MR) is 206 cm³/mol. The zero-order valence-electron chi connectivity index (χ0n) is 27.4. The third-order valence-electron chi connectivity index (χ3n) is 9.30. The second-order valence-corrected chi connectivity index (χ2v) is 16.8. The number of hydrogen-bond acceptors (Lipinski definition) is 2. The highest BCUT2D eigenvalue weighted by atomic mass is 32.1. The van der Waals surface area contributed by atoms with Crippen molar-refractivity contribution in [3.05, 3.63) is 132 Å². The first kappa shape index (κ1) is 29.2. The topological polar surface area (TPSA) is 0 Å². The highest BCUT2D eigenvalue weighted by Crippen LogP contribution is 2.45. The Labute approximate surface area is 280 Å². The Bertz CT molecular complexity index is 2260. The molecule has 2 aromatic heterocycles. The smallest absolute Gasteiger partial charge is 0.0364 e. The number of rotatable bonds is 3. The summed E-state index contributed by atoms with van der Waals surface area (Å²) < 4.78 is 5.44. The van der Waals surface area contributed by atoms with E-state index in [0.29, 0.717) is 0 Å². The molecule has 0 aliphatic carbocycles. The number of hydrogen-bond donors (Lipinski definition) is 0. The number of fused-ring (bicyclic) bond motifs is 6. The fourth-order valence-corrected chi connectivity index (χ4v) is 9.32. The summed E-state index contributed by atoms with van der Waals surface area (Å²) in [6.07, 6.45) is 0. The van der Waals surface area contributed by atoms with Gasteiger partial charge >= 0.3 is 0 Å². The van der Waals surface area contributed by atoms with Crippen molar-refractivity contribution in [2.24, 2.45) is 0 Å². The van der Waals surface area contributed by atoms with E-state index in [1.54, 1.807) is 0 Å². The minimum absolute atomic E-state index is 0.0332. The molecule has 8 rings (SSSR count). The molecule has 0 fully saturated rings. The van der Waals surface area contributed by atoms with Crippen LogP contribution in [0.5, 0.6) is 0 Å². The van der Waals surface area contributed by atoms with Crippen molar-refractivity contribution < 1.29 is 0 Å². The Balaban J connectivity index is 1.24. The lowest BCUT2D eigenvalue weighted by Gasteiger charge is -2.22. The maximum Gasteiger partial charge on any atom is 0.0364 e. The molecule has 0 aliphatic heterocycles. The van der Waals surface area contributed by atoms with Crippen molar-refractivity contribution in [1.29, 1.82) is 0 Å². The van der Waals surface area contributed by atoms with Crippen molar-refractivity contribution in [1.82, 2.24) is 0 Å². The summed E-state index contributed by atoms with van der Waals surface area (Å²) in [7, 11) is 0. The van der Waals surface area contributed by atoms with E-state index in [1.807, 2.05) is 22.7 Å². The average Bonchev–Trinajstić information content (AvgIpc) is 3.61. The van der Waals surface area contributed by atoms with Crippen LogP contribution in [0.2, 0.25) is 0 Å². The molecule has 0 saturated carbocycles. The van der Waals surface area contributed by atoms with Gasteiger partial charge in [0.2, 0.25) is 0 Å². The van der Waals surface area contributed by atoms with Crippen molar-refractivity contribution >= 4 is 63.0 Å². The summed E-state index contributed by atoms with van der Waals surface area (Å²) in [5.74, 6) is 0. The van der Waals surface area contributed by atoms with E-state index < -0.39 is 0 Å². The number of benzene rings is 6. The molecule has 0 bridgehead atoms. The van der Waals surface area contributed by atoms with Crippen LogP contribution in [0, 0.1) is 0 Å². The predicted octanol–water partition coefficient (Wildman–Crippen LogP) is 14.0. The largest absolute Gasteiger partial charge is 0.135 e. The Morgan fingerprint density at radius 1 is 0.348 bits per heavy atom. The lowest BCUT2D eigenvalue weighted by molar-refractivity contribution is 0.596. The average molecular weight is 631 g/mol. The summed E-state index contributed by atoms with van der Waals surface area (Å²) >= 11 is 3.81. The van der Waals surface area contributed by atoms with Gasteiger partial charge in [-0.3, -0.25) is 0 Å². The molecule has 0 saturated heterocycles.